The van der Waals surface area contributed by atoms with Crippen molar-refractivity contribution in [1.29, 1.82) is 0 Å². The van der Waals surface area contributed by atoms with Crippen LogP contribution in [0.1, 0.15) is 22.3 Å². The summed E-state index contributed by atoms with van der Waals surface area (Å²) in [5.41, 5.74) is 4.37. The second-order valence-corrected chi connectivity index (χ2v) is 10.00. The summed E-state index contributed by atoms with van der Waals surface area (Å²) < 4.78 is 12.3. The van der Waals surface area contributed by atoms with Crippen molar-refractivity contribution in [2.75, 3.05) is 13.1 Å². The first-order valence-corrected chi connectivity index (χ1v) is 13.7. The van der Waals surface area contributed by atoms with E-state index in [4.69, 9.17) is 44.9 Å². The van der Waals surface area contributed by atoms with Crippen molar-refractivity contribution in [2.24, 2.45) is 0 Å². The van der Waals surface area contributed by atoms with E-state index in [2.05, 4.69) is 16.7 Å². The Morgan fingerprint density at radius 1 is 0.632 bits per heavy atom. The summed E-state index contributed by atoms with van der Waals surface area (Å²) in [6.07, 6.45) is 1.54. The van der Waals surface area contributed by atoms with Crippen molar-refractivity contribution in [1.82, 2.24) is 10.6 Å². The third kappa shape index (κ3) is 8.95. The van der Waals surface area contributed by atoms with E-state index in [1.54, 1.807) is 6.07 Å². The average Bonchev–Trinajstić information content (AvgIpc) is 2.93. The molecule has 0 amide bonds. The standard InChI is InChI=1S/C31H30Cl2N2O2S/c32-27-13-12-26(28(33)20-27)16-18-35-31(38)34-17-15-23-11-14-29(36-21-24-7-3-1-4-8-24)30(19-23)37-22-25-9-5-2-6-10-25/h1-14,19-20H,15-18,21-22H2,(H2,34,35,38). The van der Waals surface area contributed by atoms with Crippen LogP contribution in [0, 0.1) is 0 Å². The lowest BCUT2D eigenvalue weighted by molar-refractivity contribution is 0.255. The van der Waals surface area contributed by atoms with Crippen molar-refractivity contribution in [3.05, 3.63) is 129 Å². The fourth-order valence-electron chi connectivity index (χ4n) is 3.83. The maximum absolute atomic E-state index is 6.25. The van der Waals surface area contributed by atoms with Gasteiger partial charge in [-0.25, -0.2) is 0 Å². The van der Waals surface area contributed by atoms with Crippen LogP contribution in [-0.2, 0) is 26.1 Å². The van der Waals surface area contributed by atoms with Crippen molar-refractivity contribution in [3.63, 3.8) is 0 Å². The molecular formula is C31H30Cl2N2O2S. The Bertz CT molecular complexity index is 1320. The fraction of sp³-hybridized carbons (Fsp3) is 0.194. The van der Waals surface area contributed by atoms with Crippen LogP contribution in [-0.4, -0.2) is 18.2 Å². The maximum Gasteiger partial charge on any atom is 0.166 e. The van der Waals surface area contributed by atoms with Gasteiger partial charge in [-0.2, -0.15) is 0 Å². The van der Waals surface area contributed by atoms with Gasteiger partial charge in [0.1, 0.15) is 13.2 Å². The second-order valence-electron chi connectivity index (χ2n) is 8.75. The van der Waals surface area contributed by atoms with Crippen LogP contribution in [0.4, 0.5) is 0 Å². The number of rotatable bonds is 12. The van der Waals surface area contributed by atoms with E-state index in [9.17, 15) is 0 Å². The van der Waals surface area contributed by atoms with Crippen molar-refractivity contribution >= 4 is 40.5 Å². The van der Waals surface area contributed by atoms with Gasteiger partial charge in [0.25, 0.3) is 0 Å². The molecule has 0 aliphatic carbocycles. The van der Waals surface area contributed by atoms with Crippen LogP contribution in [0.5, 0.6) is 11.5 Å². The van der Waals surface area contributed by atoms with E-state index in [-0.39, 0.29) is 0 Å². The molecule has 0 spiro atoms. The molecular weight excluding hydrogens is 535 g/mol. The molecule has 4 aromatic carbocycles. The molecule has 0 fully saturated rings. The fourth-order valence-corrected chi connectivity index (χ4v) is 4.54. The molecule has 4 rings (SSSR count). The predicted molar refractivity (Wildman–Crippen MR) is 160 cm³/mol. The minimum Gasteiger partial charge on any atom is -0.485 e. The van der Waals surface area contributed by atoms with Gasteiger partial charge in [0.2, 0.25) is 0 Å². The quantitative estimate of drug-likeness (QED) is 0.175. The van der Waals surface area contributed by atoms with E-state index >= 15 is 0 Å². The monoisotopic (exact) mass is 564 g/mol. The Hall–Kier alpha value is -3.25. The Balaban J connectivity index is 1.29. The van der Waals surface area contributed by atoms with E-state index in [1.165, 1.54) is 0 Å². The summed E-state index contributed by atoms with van der Waals surface area (Å²) in [6.45, 7) is 2.31. The molecule has 0 aromatic heterocycles. The number of nitrogens with one attached hydrogen (secondary N) is 2. The lowest BCUT2D eigenvalue weighted by Gasteiger charge is -2.15. The zero-order chi connectivity index (χ0) is 26.6. The molecule has 4 nitrogen and oxygen atoms in total. The van der Waals surface area contributed by atoms with E-state index in [1.807, 2.05) is 84.9 Å². The highest BCUT2D eigenvalue weighted by Crippen LogP contribution is 2.30. The molecule has 0 atom stereocenters. The van der Waals surface area contributed by atoms with Gasteiger partial charge in [0.15, 0.2) is 16.6 Å². The zero-order valence-corrected chi connectivity index (χ0v) is 23.3. The Morgan fingerprint density at radius 3 is 1.87 bits per heavy atom. The molecule has 0 aliphatic rings. The molecule has 0 saturated carbocycles. The lowest BCUT2D eigenvalue weighted by Crippen LogP contribution is -2.37. The number of thiocarbonyl (C=S) groups is 1. The van der Waals surface area contributed by atoms with Crippen LogP contribution in [0.25, 0.3) is 0 Å². The van der Waals surface area contributed by atoms with Crippen molar-refractivity contribution in [2.45, 2.75) is 26.1 Å². The first kappa shape index (κ1) is 27.8. The molecule has 0 bridgehead atoms. The molecule has 0 heterocycles. The summed E-state index contributed by atoms with van der Waals surface area (Å²) in [5, 5.41) is 8.42. The van der Waals surface area contributed by atoms with Crippen LogP contribution in [0.15, 0.2) is 97.1 Å². The summed E-state index contributed by atoms with van der Waals surface area (Å²) >= 11 is 17.7. The van der Waals surface area contributed by atoms with E-state index < -0.39 is 0 Å². The van der Waals surface area contributed by atoms with Gasteiger partial charge < -0.3 is 20.1 Å². The molecule has 0 saturated heterocycles. The molecule has 7 heteroatoms. The molecule has 38 heavy (non-hydrogen) atoms. The topological polar surface area (TPSA) is 42.5 Å². The van der Waals surface area contributed by atoms with Gasteiger partial charge in [-0.15, -0.1) is 0 Å². The van der Waals surface area contributed by atoms with Crippen LogP contribution >= 0.6 is 35.4 Å². The van der Waals surface area contributed by atoms with Gasteiger partial charge in [-0.1, -0.05) is 96.0 Å². The minimum absolute atomic E-state index is 0.468. The first-order chi connectivity index (χ1) is 18.6. The SMILES string of the molecule is S=C(NCCc1ccc(OCc2ccccc2)c(OCc2ccccc2)c1)NCCc1ccc(Cl)cc1Cl. The van der Waals surface area contributed by atoms with Crippen molar-refractivity contribution < 1.29 is 9.47 Å². The zero-order valence-electron chi connectivity index (χ0n) is 21.0. The van der Waals surface area contributed by atoms with Crippen LogP contribution in [0.3, 0.4) is 0 Å². The lowest BCUT2D eigenvalue weighted by atomic mass is 10.1. The van der Waals surface area contributed by atoms with E-state index in [0.29, 0.717) is 41.5 Å². The molecule has 2 N–H and O–H groups in total. The summed E-state index contributed by atoms with van der Waals surface area (Å²) in [5.74, 6) is 1.45. The van der Waals surface area contributed by atoms with Gasteiger partial charge in [-0.3, -0.25) is 0 Å². The maximum atomic E-state index is 6.25. The Kier molecular flexibility index (Phi) is 10.7. The first-order valence-electron chi connectivity index (χ1n) is 12.5. The predicted octanol–water partition coefficient (Wildman–Crippen LogP) is 7.40. The highest BCUT2D eigenvalue weighted by Gasteiger charge is 2.09. The molecule has 0 unspecified atom stereocenters. The number of hydrogen-bond acceptors (Lipinski definition) is 3. The van der Waals surface area contributed by atoms with Gasteiger partial charge >= 0.3 is 0 Å². The minimum atomic E-state index is 0.468. The average molecular weight is 566 g/mol. The Morgan fingerprint density at radius 2 is 1.24 bits per heavy atom. The number of hydrogen-bond donors (Lipinski definition) is 2. The van der Waals surface area contributed by atoms with E-state index in [0.717, 1.165) is 46.6 Å². The molecule has 0 radical (unpaired) electrons. The Labute approximate surface area is 239 Å². The second kappa shape index (κ2) is 14.6. The third-order valence-electron chi connectivity index (χ3n) is 5.88. The normalized spacial score (nSPS) is 10.6. The third-order valence-corrected chi connectivity index (χ3v) is 6.75. The number of halogens is 2. The molecule has 0 aliphatic heterocycles. The highest BCUT2D eigenvalue weighted by atomic mass is 35.5. The summed E-state index contributed by atoms with van der Waals surface area (Å²) in [7, 11) is 0. The van der Waals surface area contributed by atoms with Gasteiger partial charge in [0, 0.05) is 23.1 Å². The van der Waals surface area contributed by atoms with Crippen LogP contribution < -0.4 is 20.1 Å². The largest absolute Gasteiger partial charge is 0.485 e. The van der Waals surface area contributed by atoms with Gasteiger partial charge in [-0.05, 0) is 71.6 Å². The smallest absolute Gasteiger partial charge is 0.166 e. The summed E-state index contributed by atoms with van der Waals surface area (Å²) in [6, 6.07) is 31.8. The number of ether oxygens (including phenoxy) is 2. The molecule has 4 aromatic rings. The highest BCUT2D eigenvalue weighted by molar-refractivity contribution is 7.80. The molecule has 196 valence electrons. The van der Waals surface area contributed by atoms with Crippen molar-refractivity contribution in [3.8, 4) is 11.5 Å². The van der Waals surface area contributed by atoms with Gasteiger partial charge in [0.05, 0.1) is 0 Å². The number of benzene rings is 4. The van der Waals surface area contributed by atoms with Crippen LogP contribution in [0.2, 0.25) is 10.0 Å². The summed E-state index contributed by atoms with van der Waals surface area (Å²) in [4.78, 5) is 0.